The maximum absolute atomic E-state index is 11.2. The van der Waals surface area contributed by atoms with Crippen LogP contribution in [0.4, 0.5) is 11.6 Å². The fourth-order valence-corrected chi connectivity index (χ4v) is 3.28. The number of hydrogen-bond acceptors (Lipinski definition) is 6. The number of fused-ring (bicyclic) bond motifs is 1. The number of phenolic OH excluding ortho intramolecular Hbond substituents is 1. The monoisotopic (exact) mass is 375 g/mol. The number of phenols is 1. The Morgan fingerprint density at radius 2 is 2.00 bits per heavy atom. The number of non-ortho nitro benzene ring substituents is 1. The topological polar surface area (TPSA) is 120 Å². The second-order valence-corrected chi connectivity index (χ2v) is 6.32. The highest BCUT2D eigenvalue weighted by molar-refractivity contribution is 5.90. The van der Waals surface area contributed by atoms with E-state index in [4.69, 9.17) is 5.73 Å². The van der Waals surface area contributed by atoms with Crippen molar-refractivity contribution in [2.75, 3.05) is 5.73 Å². The summed E-state index contributed by atoms with van der Waals surface area (Å²) in [6.45, 7) is 2.94. The molecule has 0 fully saturated rings. The van der Waals surface area contributed by atoms with Crippen molar-refractivity contribution in [1.29, 1.82) is 0 Å². The summed E-state index contributed by atoms with van der Waals surface area (Å²) in [7, 11) is 0. The van der Waals surface area contributed by atoms with E-state index < -0.39 is 4.92 Å². The minimum absolute atomic E-state index is 0.0165. The normalized spacial score (nSPS) is 11.0. The molecule has 0 unspecified atom stereocenters. The SMILES string of the molecule is CCn1ccc2cc(-c3cnc(N)nc3-c3cc([N+](=O)[O-])ccc3O)ccc21. The summed E-state index contributed by atoms with van der Waals surface area (Å²) >= 11 is 0. The fraction of sp³-hybridized carbons (Fsp3) is 0.100. The second-order valence-electron chi connectivity index (χ2n) is 6.32. The van der Waals surface area contributed by atoms with Crippen LogP contribution >= 0.6 is 0 Å². The van der Waals surface area contributed by atoms with Crippen molar-refractivity contribution in [2.45, 2.75) is 13.5 Å². The number of nitro groups is 1. The molecular formula is C20H17N5O3. The Kier molecular flexibility index (Phi) is 4.15. The lowest BCUT2D eigenvalue weighted by Gasteiger charge is -2.11. The van der Waals surface area contributed by atoms with E-state index in [-0.39, 0.29) is 22.9 Å². The Labute approximate surface area is 160 Å². The molecule has 0 radical (unpaired) electrons. The molecule has 0 saturated carbocycles. The van der Waals surface area contributed by atoms with Crippen molar-refractivity contribution in [3.63, 3.8) is 0 Å². The Morgan fingerprint density at radius 3 is 2.75 bits per heavy atom. The molecule has 140 valence electrons. The van der Waals surface area contributed by atoms with Crippen molar-refractivity contribution in [1.82, 2.24) is 14.5 Å². The molecule has 3 N–H and O–H groups in total. The first kappa shape index (κ1) is 17.5. The van der Waals surface area contributed by atoms with Gasteiger partial charge in [-0.2, -0.15) is 0 Å². The summed E-state index contributed by atoms with van der Waals surface area (Å²) in [5.74, 6) is -0.106. The molecule has 8 nitrogen and oxygen atoms in total. The quantitative estimate of drug-likeness (QED) is 0.411. The van der Waals surface area contributed by atoms with Crippen LogP contribution in [0.5, 0.6) is 5.75 Å². The van der Waals surface area contributed by atoms with Crippen molar-refractivity contribution >= 4 is 22.5 Å². The first-order valence-corrected chi connectivity index (χ1v) is 8.67. The van der Waals surface area contributed by atoms with Crippen LogP contribution in [0.3, 0.4) is 0 Å². The van der Waals surface area contributed by atoms with Crippen LogP contribution in [0, 0.1) is 10.1 Å². The molecule has 0 saturated heterocycles. The number of aryl methyl sites for hydroxylation is 1. The Bertz CT molecular complexity index is 1220. The molecule has 0 atom stereocenters. The number of aromatic nitrogens is 3. The summed E-state index contributed by atoms with van der Waals surface area (Å²) in [5, 5.41) is 22.5. The van der Waals surface area contributed by atoms with Gasteiger partial charge in [0.15, 0.2) is 0 Å². The number of anilines is 1. The molecule has 0 amide bonds. The van der Waals surface area contributed by atoms with Gasteiger partial charge in [0.1, 0.15) is 5.75 Å². The molecule has 0 spiro atoms. The lowest BCUT2D eigenvalue weighted by molar-refractivity contribution is -0.384. The number of benzene rings is 2. The standard InChI is InChI=1S/C20H17N5O3/c1-2-24-8-7-13-9-12(3-5-17(13)24)16-11-22-20(21)23-19(16)15-10-14(25(27)28)4-6-18(15)26/h3-11,26H,2H2,1H3,(H2,21,22,23). The van der Waals surface area contributed by atoms with E-state index in [9.17, 15) is 15.2 Å². The van der Waals surface area contributed by atoms with Gasteiger partial charge in [0, 0.05) is 53.1 Å². The van der Waals surface area contributed by atoms with E-state index in [1.807, 2.05) is 30.5 Å². The summed E-state index contributed by atoms with van der Waals surface area (Å²) in [6.07, 6.45) is 3.58. The van der Waals surface area contributed by atoms with Gasteiger partial charge in [-0.15, -0.1) is 0 Å². The Hall–Kier alpha value is -3.94. The number of nitrogen functional groups attached to an aromatic ring is 1. The zero-order valence-electron chi connectivity index (χ0n) is 15.0. The molecule has 2 aromatic heterocycles. The lowest BCUT2D eigenvalue weighted by atomic mass is 9.99. The van der Waals surface area contributed by atoms with Crippen LogP contribution in [0.25, 0.3) is 33.3 Å². The predicted molar refractivity (Wildman–Crippen MR) is 107 cm³/mol. The van der Waals surface area contributed by atoms with Crippen molar-refractivity contribution in [3.8, 4) is 28.1 Å². The molecule has 8 heteroatoms. The first-order valence-electron chi connectivity index (χ1n) is 8.67. The van der Waals surface area contributed by atoms with Crippen LogP contribution in [0.2, 0.25) is 0 Å². The summed E-state index contributed by atoms with van der Waals surface area (Å²) in [4.78, 5) is 19.0. The second kappa shape index (κ2) is 6.66. The smallest absolute Gasteiger partial charge is 0.270 e. The van der Waals surface area contributed by atoms with Gasteiger partial charge in [-0.05, 0) is 36.8 Å². The molecule has 0 aliphatic rings. The highest BCUT2D eigenvalue weighted by Crippen LogP contribution is 2.38. The van der Waals surface area contributed by atoms with E-state index in [1.165, 1.54) is 18.2 Å². The molecule has 0 aliphatic heterocycles. The Morgan fingerprint density at radius 1 is 1.18 bits per heavy atom. The van der Waals surface area contributed by atoms with Crippen molar-refractivity contribution in [3.05, 3.63) is 65.0 Å². The highest BCUT2D eigenvalue weighted by Gasteiger charge is 2.18. The zero-order chi connectivity index (χ0) is 19.8. The minimum Gasteiger partial charge on any atom is -0.507 e. The van der Waals surface area contributed by atoms with Crippen LogP contribution in [0.15, 0.2) is 54.9 Å². The molecule has 2 heterocycles. The Balaban J connectivity index is 1.93. The predicted octanol–water partition coefficient (Wildman–Crippen LogP) is 3.98. The number of nitrogens with two attached hydrogens (primary N) is 1. The van der Waals surface area contributed by atoms with Gasteiger partial charge in [0.2, 0.25) is 5.95 Å². The summed E-state index contributed by atoms with van der Waals surface area (Å²) in [6, 6.07) is 11.7. The van der Waals surface area contributed by atoms with Gasteiger partial charge in [-0.1, -0.05) is 6.07 Å². The third-order valence-electron chi connectivity index (χ3n) is 4.68. The van der Waals surface area contributed by atoms with Crippen LogP contribution in [-0.2, 0) is 6.54 Å². The molecule has 4 rings (SSSR count). The number of aromatic hydroxyl groups is 1. The van der Waals surface area contributed by atoms with Gasteiger partial charge in [0.25, 0.3) is 5.69 Å². The molecule has 0 bridgehead atoms. The third kappa shape index (κ3) is 2.90. The number of rotatable bonds is 4. The fourth-order valence-electron chi connectivity index (χ4n) is 3.28. The van der Waals surface area contributed by atoms with Gasteiger partial charge >= 0.3 is 0 Å². The molecule has 0 aliphatic carbocycles. The maximum Gasteiger partial charge on any atom is 0.270 e. The van der Waals surface area contributed by atoms with E-state index in [1.54, 1.807) is 6.20 Å². The summed E-state index contributed by atoms with van der Waals surface area (Å²) in [5.41, 5.74) is 8.72. The first-order chi connectivity index (χ1) is 13.5. The van der Waals surface area contributed by atoms with Crippen molar-refractivity contribution < 1.29 is 10.0 Å². The van der Waals surface area contributed by atoms with Gasteiger partial charge < -0.3 is 15.4 Å². The van der Waals surface area contributed by atoms with Crippen LogP contribution in [0.1, 0.15) is 6.92 Å². The van der Waals surface area contributed by atoms with Gasteiger partial charge in [-0.3, -0.25) is 10.1 Å². The van der Waals surface area contributed by atoms with E-state index >= 15 is 0 Å². The van der Waals surface area contributed by atoms with Gasteiger partial charge in [0.05, 0.1) is 10.6 Å². The largest absolute Gasteiger partial charge is 0.507 e. The maximum atomic E-state index is 11.2. The van der Waals surface area contributed by atoms with Crippen LogP contribution in [-0.4, -0.2) is 24.6 Å². The molecule has 2 aromatic carbocycles. The summed E-state index contributed by atoms with van der Waals surface area (Å²) < 4.78 is 2.13. The van der Waals surface area contributed by atoms with Gasteiger partial charge in [-0.25, -0.2) is 9.97 Å². The van der Waals surface area contributed by atoms with E-state index in [2.05, 4.69) is 21.5 Å². The number of hydrogen-bond donors (Lipinski definition) is 2. The average Bonchev–Trinajstić information content (AvgIpc) is 3.10. The average molecular weight is 375 g/mol. The molecular weight excluding hydrogens is 358 g/mol. The number of nitrogens with zero attached hydrogens (tertiary/aromatic N) is 4. The van der Waals surface area contributed by atoms with Crippen molar-refractivity contribution in [2.24, 2.45) is 0 Å². The highest BCUT2D eigenvalue weighted by atomic mass is 16.6. The van der Waals surface area contributed by atoms with E-state index in [0.29, 0.717) is 11.3 Å². The minimum atomic E-state index is -0.521. The van der Waals surface area contributed by atoms with E-state index in [0.717, 1.165) is 23.0 Å². The molecule has 28 heavy (non-hydrogen) atoms. The lowest BCUT2D eigenvalue weighted by Crippen LogP contribution is -1.99. The number of nitro benzene ring substituents is 1. The molecule has 4 aromatic rings. The zero-order valence-corrected chi connectivity index (χ0v) is 15.0. The van der Waals surface area contributed by atoms with Crippen LogP contribution < -0.4 is 5.73 Å². The third-order valence-corrected chi connectivity index (χ3v) is 4.68.